The number of benzene rings is 1. The molecule has 3 rings (SSSR count). The maximum atomic E-state index is 10.8. The highest BCUT2D eigenvalue weighted by molar-refractivity contribution is 5.57. The van der Waals surface area contributed by atoms with Crippen LogP contribution in [0.5, 0.6) is 0 Å². The third-order valence-electron chi connectivity index (χ3n) is 3.59. The van der Waals surface area contributed by atoms with Crippen molar-refractivity contribution in [2.24, 2.45) is 7.05 Å². The second-order valence-corrected chi connectivity index (χ2v) is 4.82. The van der Waals surface area contributed by atoms with Gasteiger partial charge in [-0.3, -0.25) is 14.8 Å². The molecule has 19 heavy (non-hydrogen) atoms. The average molecular weight is 258 g/mol. The van der Waals surface area contributed by atoms with Gasteiger partial charge in [0.2, 0.25) is 0 Å². The zero-order valence-corrected chi connectivity index (χ0v) is 10.8. The van der Waals surface area contributed by atoms with Crippen molar-refractivity contribution in [3.05, 3.63) is 51.3 Å². The monoisotopic (exact) mass is 258 g/mol. The van der Waals surface area contributed by atoms with Gasteiger partial charge in [-0.1, -0.05) is 0 Å². The molecule has 0 unspecified atom stereocenters. The summed E-state index contributed by atoms with van der Waals surface area (Å²) >= 11 is 0. The molecule has 0 bridgehead atoms. The van der Waals surface area contributed by atoms with Gasteiger partial charge < -0.3 is 4.90 Å². The number of nitro benzene ring substituents is 1. The molecule has 6 heteroatoms. The van der Waals surface area contributed by atoms with Gasteiger partial charge in [0.15, 0.2) is 0 Å². The van der Waals surface area contributed by atoms with Crippen molar-refractivity contribution in [1.29, 1.82) is 0 Å². The molecule has 2 aromatic rings. The Morgan fingerprint density at radius 1 is 1.37 bits per heavy atom. The number of nitro groups is 1. The minimum absolute atomic E-state index is 0.169. The van der Waals surface area contributed by atoms with Crippen LogP contribution in [0.25, 0.3) is 0 Å². The Bertz CT molecular complexity index is 663. The lowest BCUT2D eigenvalue weighted by Gasteiger charge is -2.18. The molecule has 0 spiro atoms. The number of nitrogens with zero attached hydrogens (tertiary/aromatic N) is 4. The quantitative estimate of drug-likeness (QED) is 0.611. The van der Waals surface area contributed by atoms with E-state index < -0.39 is 0 Å². The Morgan fingerprint density at radius 3 is 2.79 bits per heavy atom. The van der Waals surface area contributed by atoms with Gasteiger partial charge in [0.25, 0.3) is 5.69 Å². The first-order chi connectivity index (χ1) is 9.06. The van der Waals surface area contributed by atoms with Crippen molar-refractivity contribution in [2.45, 2.75) is 20.0 Å². The van der Waals surface area contributed by atoms with E-state index in [0.29, 0.717) is 5.56 Å². The Hall–Kier alpha value is -2.37. The first-order valence-electron chi connectivity index (χ1n) is 6.06. The average Bonchev–Trinajstić information content (AvgIpc) is 2.91. The van der Waals surface area contributed by atoms with Crippen molar-refractivity contribution >= 4 is 11.4 Å². The molecule has 0 aliphatic carbocycles. The molecular formula is C13H14N4O2. The van der Waals surface area contributed by atoms with Crippen LogP contribution in [-0.4, -0.2) is 14.7 Å². The first-order valence-corrected chi connectivity index (χ1v) is 6.06. The highest BCUT2D eigenvalue weighted by atomic mass is 16.6. The number of anilines is 1. The lowest BCUT2D eigenvalue weighted by Crippen LogP contribution is -2.16. The zero-order chi connectivity index (χ0) is 13.6. The van der Waals surface area contributed by atoms with Crippen molar-refractivity contribution in [1.82, 2.24) is 9.78 Å². The Morgan fingerprint density at radius 2 is 2.16 bits per heavy atom. The summed E-state index contributed by atoms with van der Waals surface area (Å²) in [6.07, 6.45) is 1.88. The summed E-state index contributed by atoms with van der Waals surface area (Å²) in [4.78, 5) is 12.7. The molecule has 6 nitrogen and oxygen atoms in total. The van der Waals surface area contributed by atoms with Gasteiger partial charge in [0.05, 0.1) is 23.4 Å². The maximum absolute atomic E-state index is 10.8. The lowest BCUT2D eigenvalue weighted by atomic mass is 10.1. The Balaban J connectivity index is 1.89. The maximum Gasteiger partial charge on any atom is 0.272 e. The number of hydrogen-bond acceptors (Lipinski definition) is 4. The molecule has 0 N–H and O–H groups in total. The first kappa shape index (κ1) is 11.7. The van der Waals surface area contributed by atoms with E-state index in [0.717, 1.165) is 18.8 Å². The fraction of sp³-hybridized carbons (Fsp3) is 0.308. The predicted molar refractivity (Wildman–Crippen MR) is 70.9 cm³/mol. The number of aromatic nitrogens is 2. The molecule has 0 fully saturated rings. The van der Waals surface area contributed by atoms with Crippen LogP contribution < -0.4 is 4.90 Å². The molecule has 0 radical (unpaired) electrons. The standard InChI is InChI=1S/C13H14N4O2/c1-9-5-11(3-4-12(9)17(18)19)16-7-10-6-14-15(2)13(10)8-16/h3-6H,7-8H2,1-2H3. The largest absolute Gasteiger partial charge is 0.361 e. The van der Waals surface area contributed by atoms with Crippen LogP contribution in [0.2, 0.25) is 0 Å². The minimum Gasteiger partial charge on any atom is -0.361 e. The summed E-state index contributed by atoms with van der Waals surface area (Å²) < 4.78 is 1.88. The summed E-state index contributed by atoms with van der Waals surface area (Å²) in [5.74, 6) is 0. The number of rotatable bonds is 2. The smallest absolute Gasteiger partial charge is 0.272 e. The number of fused-ring (bicyclic) bond motifs is 1. The van der Waals surface area contributed by atoms with Crippen LogP contribution >= 0.6 is 0 Å². The molecule has 1 aromatic heterocycles. The van der Waals surface area contributed by atoms with E-state index in [1.165, 1.54) is 11.3 Å². The van der Waals surface area contributed by atoms with E-state index >= 15 is 0 Å². The van der Waals surface area contributed by atoms with Crippen LogP contribution in [0.4, 0.5) is 11.4 Å². The lowest BCUT2D eigenvalue weighted by molar-refractivity contribution is -0.385. The highest BCUT2D eigenvalue weighted by Gasteiger charge is 2.23. The molecule has 0 saturated heterocycles. The molecule has 0 atom stereocenters. The zero-order valence-electron chi connectivity index (χ0n) is 10.8. The van der Waals surface area contributed by atoms with Gasteiger partial charge in [-0.2, -0.15) is 5.10 Å². The Labute approximate surface area is 110 Å². The molecule has 2 heterocycles. The van der Waals surface area contributed by atoms with E-state index in [-0.39, 0.29) is 10.6 Å². The minimum atomic E-state index is -0.345. The van der Waals surface area contributed by atoms with Crippen LogP contribution in [0.3, 0.4) is 0 Å². The van der Waals surface area contributed by atoms with Crippen LogP contribution in [0.1, 0.15) is 16.8 Å². The van der Waals surface area contributed by atoms with E-state index in [1.54, 1.807) is 13.0 Å². The molecular weight excluding hydrogens is 244 g/mol. The van der Waals surface area contributed by atoms with E-state index in [2.05, 4.69) is 10.00 Å². The van der Waals surface area contributed by atoms with Crippen molar-refractivity contribution in [3.8, 4) is 0 Å². The highest BCUT2D eigenvalue weighted by Crippen LogP contribution is 2.30. The molecule has 0 amide bonds. The van der Waals surface area contributed by atoms with Crippen molar-refractivity contribution in [3.63, 3.8) is 0 Å². The van der Waals surface area contributed by atoms with E-state index in [1.807, 2.05) is 30.1 Å². The third-order valence-corrected chi connectivity index (χ3v) is 3.59. The summed E-state index contributed by atoms with van der Waals surface area (Å²) in [6.45, 7) is 3.37. The van der Waals surface area contributed by atoms with Gasteiger partial charge >= 0.3 is 0 Å². The predicted octanol–water partition coefficient (Wildman–Crippen LogP) is 2.16. The van der Waals surface area contributed by atoms with Crippen LogP contribution in [0, 0.1) is 17.0 Å². The fourth-order valence-corrected chi connectivity index (χ4v) is 2.51. The van der Waals surface area contributed by atoms with Crippen molar-refractivity contribution < 1.29 is 4.92 Å². The molecule has 1 aliphatic heterocycles. The third kappa shape index (κ3) is 1.85. The summed E-state index contributed by atoms with van der Waals surface area (Å²) in [7, 11) is 1.93. The van der Waals surface area contributed by atoms with E-state index in [4.69, 9.17) is 0 Å². The molecule has 1 aromatic carbocycles. The summed E-state index contributed by atoms with van der Waals surface area (Å²) in [5, 5.41) is 15.0. The summed E-state index contributed by atoms with van der Waals surface area (Å²) in [5.41, 5.74) is 4.30. The second kappa shape index (κ2) is 4.08. The van der Waals surface area contributed by atoms with Gasteiger partial charge in [-0.05, 0) is 19.1 Å². The number of hydrogen-bond donors (Lipinski definition) is 0. The van der Waals surface area contributed by atoms with Gasteiger partial charge in [0.1, 0.15) is 0 Å². The van der Waals surface area contributed by atoms with Crippen molar-refractivity contribution in [2.75, 3.05) is 4.90 Å². The van der Waals surface area contributed by atoms with Crippen LogP contribution in [-0.2, 0) is 20.1 Å². The molecule has 0 saturated carbocycles. The topological polar surface area (TPSA) is 64.2 Å². The second-order valence-electron chi connectivity index (χ2n) is 4.82. The Kier molecular flexibility index (Phi) is 2.51. The van der Waals surface area contributed by atoms with Gasteiger partial charge in [-0.15, -0.1) is 0 Å². The number of aryl methyl sites for hydroxylation is 2. The fourth-order valence-electron chi connectivity index (χ4n) is 2.51. The van der Waals surface area contributed by atoms with E-state index in [9.17, 15) is 10.1 Å². The SMILES string of the molecule is Cc1cc(N2Cc3cnn(C)c3C2)ccc1[N+](=O)[O-]. The van der Waals surface area contributed by atoms with Gasteiger partial charge in [-0.25, -0.2) is 0 Å². The molecule has 98 valence electrons. The summed E-state index contributed by atoms with van der Waals surface area (Å²) in [6, 6.07) is 5.26. The van der Waals surface area contributed by atoms with Gasteiger partial charge in [0, 0.05) is 36.5 Å². The van der Waals surface area contributed by atoms with Crippen LogP contribution in [0.15, 0.2) is 24.4 Å². The molecule has 1 aliphatic rings. The normalized spacial score (nSPS) is 13.7.